The van der Waals surface area contributed by atoms with Crippen LogP contribution in [0.1, 0.15) is 0 Å². The molecule has 0 atom stereocenters. The van der Waals surface area contributed by atoms with Crippen molar-refractivity contribution in [2.75, 3.05) is 11.6 Å². The van der Waals surface area contributed by atoms with E-state index in [2.05, 4.69) is 4.72 Å². The van der Waals surface area contributed by atoms with Gasteiger partial charge in [0.2, 0.25) is 0 Å². The molecule has 102 valence electrons. The summed E-state index contributed by atoms with van der Waals surface area (Å²) in [4.78, 5) is 4.22. The molecule has 0 unspecified atom stereocenters. The van der Waals surface area contributed by atoms with Crippen molar-refractivity contribution in [3.8, 4) is 0 Å². The third-order valence-electron chi connectivity index (χ3n) is 2.87. The molecule has 0 radical (unpaired) electrons. The van der Waals surface area contributed by atoms with Gasteiger partial charge in [-0.15, -0.1) is 0 Å². The topological polar surface area (TPSA) is 49.4 Å². The van der Waals surface area contributed by atoms with E-state index in [9.17, 15) is 8.42 Å². The quantitative estimate of drug-likeness (QED) is 0.695. The monoisotopic (exact) mass is 320 g/mol. The van der Waals surface area contributed by atoms with Crippen molar-refractivity contribution in [3.05, 3.63) is 48.5 Å². The molecular formula is C13H13AlN2O2S2. The van der Waals surface area contributed by atoms with Crippen molar-refractivity contribution < 1.29 is 8.42 Å². The summed E-state index contributed by atoms with van der Waals surface area (Å²) in [5.74, 6) is 0. The fraction of sp³-hybridized carbons (Fsp3) is 0.0769. The first-order chi connectivity index (χ1) is 9.25. The molecule has 20 heavy (non-hydrogen) atoms. The molecule has 1 heterocycles. The van der Waals surface area contributed by atoms with E-state index >= 15 is 0 Å². The van der Waals surface area contributed by atoms with Crippen LogP contribution < -0.4 is 9.62 Å². The fourth-order valence-electron chi connectivity index (χ4n) is 2.07. The molecule has 7 heteroatoms. The summed E-state index contributed by atoms with van der Waals surface area (Å²) in [6.07, 6.45) is 0. The Labute approximate surface area is 134 Å². The maximum atomic E-state index is 10.7. The second-order valence-electron chi connectivity index (χ2n) is 4.00. The van der Waals surface area contributed by atoms with Gasteiger partial charge in [-0.2, -0.15) is 0 Å². The van der Waals surface area contributed by atoms with Crippen LogP contribution in [0.25, 0.3) is 0 Å². The summed E-state index contributed by atoms with van der Waals surface area (Å²) >= 11 is 1.70. The number of fused-ring (bicyclic) bond motifs is 2. The van der Waals surface area contributed by atoms with Crippen LogP contribution >= 0.6 is 11.8 Å². The number of nitrogens with zero attached hydrogens (tertiary/aromatic N) is 1. The molecule has 4 nitrogen and oxygen atoms in total. The van der Waals surface area contributed by atoms with Gasteiger partial charge in [-0.1, -0.05) is 36.0 Å². The van der Waals surface area contributed by atoms with Gasteiger partial charge < -0.3 is 18.0 Å². The summed E-state index contributed by atoms with van der Waals surface area (Å²) in [6, 6.07) is 15.9. The number of nitrogens with one attached hydrogen (secondary N) is 1. The van der Waals surface area contributed by atoms with E-state index in [-0.39, 0.29) is 24.0 Å². The molecule has 1 aliphatic rings. The Balaban J connectivity index is 0.00000147. The average Bonchev–Trinajstić information content (AvgIpc) is 2.43. The van der Waals surface area contributed by atoms with Crippen LogP contribution in [0.2, 0.25) is 0 Å². The van der Waals surface area contributed by atoms with Crippen molar-refractivity contribution >= 4 is 51.4 Å². The first-order valence-electron chi connectivity index (χ1n) is 5.72. The molecule has 0 spiro atoms. The predicted molar refractivity (Wildman–Crippen MR) is 84.4 cm³/mol. The number of rotatable bonds is 3. The zero-order valence-corrected chi connectivity index (χ0v) is 14.5. The normalized spacial score (nSPS) is 12.6. The van der Waals surface area contributed by atoms with E-state index in [4.69, 9.17) is 0 Å². The van der Waals surface area contributed by atoms with Crippen molar-refractivity contribution in [1.29, 1.82) is 0 Å². The number of para-hydroxylation sites is 2. The molecule has 2 aromatic rings. The van der Waals surface area contributed by atoms with Gasteiger partial charge >= 0.3 is 17.4 Å². The second-order valence-corrected chi connectivity index (χ2v) is 5.84. The molecule has 0 saturated heterocycles. The summed E-state index contributed by atoms with van der Waals surface area (Å²) < 4.78 is 23.9. The minimum absolute atomic E-state index is 0. The van der Waals surface area contributed by atoms with Crippen molar-refractivity contribution in [2.24, 2.45) is 0 Å². The van der Waals surface area contributed by atoms with Crippen molar-refractivity contribution in [3.63, 3.8) is 0 Å². The van der Waals surface area contributed by atoms with E-state index in [0.717, 1.165) is 21.2 Å². The Morgan fingerprint density at radius 2 is 1.45 bits per heavy atom. The Morgan fingerprint density at radius 1 is 0.950 bits per heavy atom. The predicted octanol–water partition coefficient (Wildman–Crippen LogP) is 2.14. The number of hydrogen-bond donors (Lipinski definition) is 1. The first-order valence-corrected chi connectivity index (χ1v) is 7.61. The molecule has 0 aliphatic carbocycles. The van der Waals surface area contributed by atoms with Crippen molar-refractivity contribution in [2.45, 2.75) is 9.79 Å². The van der Waals surface area contributed by atoms with E-state index in [0.29, 0.717) is 0 Å². The summed E-state index contributed by atoms with van der Waals surface area (Å²) in [5, 5.41) is 0. The Bertz CT molecular complexity index is 638. The van der Waals surface area contributed by atoms with Crippen molar-refractivity contribution in [1.82, 2.24) is 4.72 Å². The molecule has 1 aliphatic heterocycles. The van der Waals surface area contributed by atoms with Crippen LogP contribution in [0.15, 0.2) is 58.3 Å². The molecular weight excluding hydrogens is 307 g/mol. The molecule has 0 fully saturated rings. The summed E-state index contributed by atoms with van der Waals surface area (Å²) in [5.41, 5.74) is 2.04. The Kier molecular flexibility index (Phi) is 5.13. The SMILES string of the molecule is O=[S-](=O)NCN1c2ccccc2Sc2ccccc21.[AlH2+]. The first kappa shape index (κ1) is 15.4. The van der Waals surface area contributed by atoms with Gasteiger partial charge in [0.25, 0.3) is 0 Å². The van der Waals surface area contributed by atoms with Gasteiger partial charge in [-0.25, -0.2) is 0 Å². The fourth-order valence-corrected chi connectivity index (χ4v) is 3.40. The van der Waals surface area contributed by atoms with Crippen LogP contribution in [-0.4, -0.2) is 24.0 Å². The van der Waals surface area contributed by atoms with Gasteiger partial charge in [-0.3, -0.25) is 0 Å². The summed E-state index contributed by atoms with van der Waals surface area (Å²) in [7, 11) is -2.27. The number of benzene rings is 2. The van der Waals surface area contributed by atoms with Gasteiger partial charge in [0.05, 0.1) is 18.0 Å². The zero-order valence-electron chi connectivity index (χ0n) is 10.9. The van der Waals surface area contributed by atoms with Gasteiger partial charge in [0.1, 0.15) is 0 Å². The average molecular weight is 320 g/mol. The van der Waals surface area contributed by atoms with E-state index in [1.807, 2.05) is 53.4 Å². The van der Waals surface area contributed by atoms with E-state index < -0.39 is 10.9 Å². The molecule has 1 N–H and O–H groups in total. The van der Waals surface area contributed by atoms with E-state index in [1.54, 1.807) is 11.8 Å². The number of anilines is 2. The Hall–Kier alpha value is -0.968. The molecule has 2 aromatic carbocycles. The maximum absolute atomic E-state index is 10.7. The minimum atomic E-state index is -2.27. The third kappa shape index (κ3) is 3.03. The third-order valence-corrected chi connectivity index (χ3v) is 4.37. The van der Waals surface area contributed by atoms with Gasteiger partial charge in [0.15, 0.2) is 0 Å². The molecule has 3 rings (SSSR count). The standard InChI is InChI=1S/C13H11N2O2S2.Al.2H/c16-19(17)14-9-15-10-5-1-3-7-12(10)18-13-8-4-2-6-11(13)15;;;/h1-8H,9H2,(H,14,16,17);;;/q-1;+1;;. The van der Waals surface area contributed by atoms with Crippen LogP contribution in [0, 0.1) is 0 Å². The molecule has 0 amide bonds. The zero-order chi connectivity index (χ0) is 13.2. The van der Waals surface area contributed by atoms with Crippen LogP contribution in [0.3, 0.4) is 0 Å². The molecule has 0 saturated carbocycles. The molecule has 0 bridgehead atoms. The van der Waals surface area contributed by atoms with Gasteiger partial charge in [-0.05, 0) is 35.2 Å². The molecule has 0 aromatic heterocycles. The Morgan fingerprint density at radius 3 is 1.95 bits per heavy atom. The van der Waals surface area contributed by atoms with Crippen LogP contribution in [0.5, 0.6) is 0 Å². The second kappa shape index (κ2) is 6.66. The number of hydrogen-bond acceptors (Lipinski definition) is 5. The van der Waals surface area contributed by atoms with Crippen LogP contribution in [-0.2, 0) is 19.3 Å². The van der Waals surface area contributed by atoms with Gasteiger partial charge in [0, 0.05) is 9.79 Å². The van der Waals surface area contributed by atoms with Crippen LogP contribution in [0.4, 0.5) is 11.4 Å². The van der Waals surface area contributed by atoms with E-state index in [1.165, 1.54) is 0 Å². The summed E-state index contributed by atoms with van der Waals surface area (Å²) in [6.45, 7) is 0.227.